The molecule has 138 valence electrons. The van der Waals surface area contributed by atoms with Gasteiger partial charge in [0.2, 0.25) is 0 Å². The van der Waals surface area contributed by atoms with Gasteiger partial charge in [-0.15, -0.1) is 0 Å². The lowest BCUT2D eigenvalue weighted by Gasteiger charge is -2.51. The first-order valence-corrected chi connectivity index (χ1v) is 9.48. The summed E-state index contributed by atoms with van der Waals surface area (Å²) in [5, 5.41) is 9.03. The molecule has 3 atom stereocenters. The van der Waals surface area contributed by atoms with Crippen LogP contribution >= 0.6 is 0 Å². The quantitative estimate of drug-likeness (QED) is 0.818. The van der Waals surface area contributed by atoms with Crippen LogP contribution in [-0.4, -0.2) is 41.6 Å². The molecule has 2 aromatic rings. The van der Waals surface area contributed by atoms with Crippen molar-refractivity contribution >= 4 is 5.82 Å². The summed E-state index contributed by atoms with van der Waals surface area (Å²) in [4.78, 5) is 9.20. The van der Waals surface area contributed by atoms with Gasteiger partial charge in [0, 0.05) is 30.7 Å². The van der Waals surface area contributed by atoms with E-state index in [9.17, 15) is 8.78 Å². The van der Waals surface area contributed by atoms with Crippen molar-refractivity contribution < 1.29 is 8.78 Å². The number of anilines is 1. The van der Waals surface area contributed by atoms with Crippen LogP contribution < -0.4 is 4.90 Å². The number of benzene rings is 1. The van der Waals surface area contributed by atoms with Crippen LogP contribution in [-0.2, 0) is 0 Å². The second-order valence-electron chi connectivity index (χ2n) is 7.77. The smallest absolute Gasteiger partial charge is 0.162 e. The fourth-order valence-electron chi connectivity index (χ4n) is 5.38. The van der Waals surface area contributed by atoms with Crippen LogP contribution in [0.1, 0.15) is 29.9 Å². The minimum Gasteiger partial charge on any atom is -0.351 e. The number of hydrogen-bond donors (Lipinski definition) is 0. The molecule has 2 bridgehead atoms. The fraction of sp³-hybridized carbons (Fsp3) is 0.429. The van der Waals surface area contributed by atoms with Crippen molar-refractivity contribution in [3.05, 3.63) is 59.3 Å². The predicted molar refractivity (Wildman–Crippen MR) is 97.3 cm³/mol. The number of piperidine rings is 3. The molecule has 6 heteroatoms. The van der Waals surface area contributed by atoms with Crippen molar-refractivity contribution in [1.82, 2.24) is 9.88 Å². The number of rotatable bonds is 2. The molecule has 6 rings (SSSR count). The largest absolute Gasteiger partial charge is 0.351 e. The molecule has 27 heavy (non-hydrogen) atoms. The lowest BCUT2D eigenvalue weighted by molar-refractivity contribution is 0.0350. The molecule has 1 aromatic heterocycles. The Morgan fingerprint density at radius 3 is 2.59 bits per heavy atom. The van der Waals surface area contributed by atoms with E-state index in [0.717, 1.165) is 31.7 Å². The molecule has 4 aliphatic heterocycles. The second kappa shape index (κ2) is 6.28. The summed E-state index contributed by atoms with van der Waals surface area (Å²) in [5.74, 6) is -0.240. The van der Waals surface area contributed by atoms with E-state index < -0.39 is 11.6 Å². The van der Waals surface area contributed by atoms with E-state index in [1.165, 1.54) is 6.07 Å². The van der Waals surface area contributed by atoms with Gasteiger partial charge in [0.1, 0.15) is 11.9 Å². The summed E-state index contributed by atoms with van der Waals surface area (Å²) in [6, 6.07) is 10.7. The minimum atomic E-state index is -0.782. The minimum absolute atomic E-state index is 0.0914. The van der Waals surface area contributed by atoms with Crippen LogP contribution in [0.3, 0.4) is 0 Å². The van der Waals surface area contributed by atoms with Crippen LogP contribution in [0.5, 0.6) is 0 Å². The molecule has 0 aliphatic carbocycles. The Labute approximate surface area is 157 Å². The summed E-state index contributed by atoms with van der Waals surface area (Å²) in [5.41, 5.74) is 0.991. The molecule has 5 heterocycles. The maximum absolute atomic E-state index is 14.6. The summed E-state index contributed by atoms with van der Waals surface area (Å²) >= 11 is 0. The van der Waals surface area contributed by atoms with Crippen LogP contribution in [0.4, 0.5) is 14.6 Å². The van der Waals surface area contributed by atoms with E-state index in [1.54, 1.807) is 24.4 Å². The van der Waals surface area contributed by atoms with E-state index in [-0.39, 0.29) is 18.0 Å². The highest BCUT2D eigenvalue weighted by Crippen LogP contribution is 2.48. The Hall–Kier alpha value is -2.52. The van der Waals surface area contributed by atoms with E-state index in [2.05, 4.69) is 20.9 Å². The number of pyridine rings is 1. The number of fused-ring (bicyclic) bond motifs is 2. The van der Waals surface area contributed by atoms with Crippen molar-refractivity contribution in [2.45, 2.75) is 30.8 Å². The van der Waals surface area contributed by atoms with Gasteiger partial charge in [0.05, 0.1) is 5.56 Å². The maximum atomic E-state index is 14.6. The van der Waals surface area contributed by atoms with E-state index >= 15 is 0 Å². The van der Waals surface area contributed by atoms with Gasteiger partial charge in [-0.1, -0.05) is 12.1 Å². The third-order valence-corrected chi connectivity index (χ3v) is 6.55. The van der Waals surface area contributed by atoms with Crippen molar-refractivity contribution in [2.75, 3.05) is 24.5 Å². The number of nitriles is 1. The first kappa shape index (κ1) is 16.6. The lowest BCUT2D eigenvalue weighted by atomic mass is 9.75. The number of aromatic nitrogens is 1. The van der Waals surface area contributed by atoms with Gasteiger partial charge in [-0.3, -0.25) is 4.90 Å². The first-order valence-electron chi connectivity index (χ1n) is 9.48. The zero-order valence-corrected chi connectivity index (χ0v) is 14.9. The molecule has 0 unspecified atom stereocenters. The average Bonchev–Trinajstić information content (AvgIpc) is 3.14. The third kappa shape index (κ3) is 2.53. The zero-order valence-electron chi connectivity index (χ0n) is 14.9. The van der Waals surface area contributed by atoms with Gasteiger partial charge in [-0.25, -0.2) is 13.8 Å². The van der Waals surface area contributed by atoms with Gasteiger partial charge < -0.3 is 4.90 Å². The van der Waals surface area contributed by atoms with Crippen LogP contribution in [0.2, 0.25) is 0 Å². The van der Waals surface area contributed by atoms with Crippen LogP contribution in [0, 0.1) is 28.9 Å². The van der Waals surface area contributed by atoms with Gasteiger partial charge in [-0.05, 0) is 55.6 Å². The maximum Gasteiger partial charge on any atom is 0.162 e. The summed E-state index contributed by atoms with van der Waals surface area (Å²) in [6.07, 6.45) is 3.85. The molecular weight excluding hydrogens is 346 g/mol. The Balaban J connectivity index is 1.57. The van der Waals surface area contributed by atoms with Crippen molar-refractivity contribution in [3.63, 3.8) is 0 Å². The van der Waals surface area contributed by atoms with E-state index in [0.29, 0.717) is 23.6 Å². The Kier molecular flexibility index (Phi) is 3.87. The Morgan fingerprint density at radius 1 is 1.07 bits per heavy atom. The first-order chi connectivity index (χ1) is 13.2. The number of hydrogen-bond acceptors (Lipinski definition) is 4. The van der Waals surface area contributed by atoms with Crippen molar-refractivity contribution in [1.29, 1.82) is 5.26 Å². The SMILES string of the molecule is N#Cc1ccc(N2C[C@@H](c3cccc(F)c3F)[C@@H]3[C@H]2C2CCN3CC2)nc1. The second-order valence-corrected chi connectivity index (χ2v) is 7.77. The topological polar surface area (TPSA) is 43.2 Å². The molecule has 0 saturated carbocycles. The summed E-state index contributed by atoms with van der Waals surface area (Å²) in [7, 11) is 0. The highest BCUT2D eigenvalue weighted by Gasteiger charge is 2.54. The van der Waals surface area contributed by atoms with Crippen molar-refractivity contribution in [3.8, 4) is 6.07 Å². The lowest BCUT2D eigenvalue weighted by Crippen LogP contribution is -2.60. The van der Waals surface area contributed by atoms with Crippen LogP contribution in [0.15, 0.2) is 36.5 Å². The molecule has 4 saturated heterocycles. The summed E-state index contributed by atoms with van der Waals surface area (Å²) < 4.78 is 28.5. The predicted octanol–water partition coefficient (Wildman–Crippen LogP) is 3.30. The average molecular weight is 366 g/mol. The molecular formula is C21H20F2N4. The highest BCUT2D eigenvalue weighted by atomic mass is 19.2. The Bertz CT molecular complexity index is 899. The highest BCUT2D eigenvalue weighted by molar-refractivity contribution is 5.48. The normalized spacial score (nSPS) is 31.6. The molecule has 4 fully saturated rings. The summed E-state index contributed by atoms with van der Waals surface area (Å²) in [6.45, 7) is 2.66. The molecule has 0 spiro atoms. The number of nitrogens with zero attached hydrogens (tertiary/aromatic N) is 4. The van der Waals surface area contributed by atoms with Crippen LogP contribution in [0.25, 0.3) is 0 Å². The van der Waals surface area contributed by atoms with Gasteiger partial charge >= 0.3 is 0 Å². The molecule has 0 amide bonds. The van der Waals surface area contributed by atoms with Gasteiger partial charge in [-0.2, -0.15) is 5.26 Å². The van der Waals surface area contributed by atoms with Crippen molar-refractivity contribution in [2.24, 2.45) is 5.92 Å². The molecule has 0 radical (unpaired) electrons. The zero-order chi connectivity index (χ0) is 18.5. The number of halogens is 2. The van der Waals surface area contributed by atoms with E-state index in [1.807, 2.05) is 6.07 Å². The molecule has 4 nitrogen and oxygen atoms in total. The standard InChI is InChI=1S/C21H20F2N4/c22-17-3-1-2-15(19(17)23)16-12-27(18-5-4-13(10-24)11-25-18)20-14-6-8-26(9-7-14)21(16)20/h1-5,11,14,16,20-21H,6-9,12H2/t16-,20+,21+/m0/s1. The monoisotopic (exact) mass is 366 g/mol. The molecule has 1 aromatic carbocycles. The van der Waals surface area contributed by atoms with Gasteiger partial charge in [0.25, 0.3) is 0 Å². The molecule has 0 N–H and O–H groups in total. The van der Waals surface area contributed by atoms with E-state index in [4.69, 9.17) is 5.26 Å². The van der Waals surface area contributed by atoms with Gasteiger partial charge in [0.15, 0.2) is 11.6 Å². The Morgan fingerprint density at radius 2 is 1.89 bits per heavy atom. The molecule has 4 aliphatic rings. The fourth-order valence-corrected chi connectivity index (χ4v) is 5.38. The third-order valence-electron chi connectivity index (χ3n) is 6.55.